The molecule has 1 aliphatic rings. The largest absolute Gasteiger partial charge is 0.394 e. The Bertz CT molecular complexity index is 1060. The average Bonchev–Trinajstić information content (AvgIpc) is 3.48. The van der Waals surface area contributed by atoms with Crippen molar-refractivity contribution in [2.75, 3.05) is 44.4 Å². The molecular weight excluding hydrogens is 496 g/mol. The van der Waals surface area contributed by atoms with Gasteiger partial charge in [-0.3, -0.25) is 14.4 Å². The van der Waals surface area contributed by atoms with Gasteiger partial charge in [-0.25, -0.2) is 4.98 Å². The van der Waals surface area contributed by atoms with Crippen molar-refractivity contribution in [1.29, 1.82) is 0 Å². The van der Waals surface area contributed by atoms with E-state index in [2.05, 4.69) is 20.9 Å². The molecule has 0 radical (unpaired) electrons. The normalized spacial score (nSPS) is 23.9. The summed E-state index contributed by atoms with van der Waals surface area (Å²) in [6.45, 7) is 0.452. The van der Waals surface area contributed by atoms with Gasteiger partial charge in [-0.15, -0.1) is 11.3 Å². The zero-order chi connectivity index (χ0) is 26.4. The zero-order valence-corrected chi connectivity index (χ0v) is 20.5. The first kappa shape index (κ1) is 27.7. The molecule has 2 aromatic rings. The molecule has 1 fully saturated rings. The SMILES string of the molecule is CN(C)CCCNC(=O)c1cc(NC(=O)c2csc(NC=O)n2)cn1[C@H]1O[C@H](CO)[C@@H](O)[C@H](O)[C@H]1O. The van der Waals surface area contributed by atoms with Crippen molar-refractivity contribution < 1.29 is 39.5 Å². The third kappa shape index (κ3) is 6.44. The maximum atomic E-state index is 13.0. The summed E-state index contributed by atoms with van der Waals surface area (Å²) in [7, 11) is 3.81. The first-order chi connectivity index (χ1) is 17.2. The second kappa shape index (κ2) is 12.4. The Kier molecular flexibility index (Phi) is 9.49. The third-order valence-electron chi connectivity index (χ3n) is 5.47. The van der Waals surface area contributed by atoms with Crippen molar-refractivity contribution in [2.45, 2.75) is 37.1 Å². The number of nitrogens with zero attached hydrogens (tertiary/aromatic N) is 3. The van der Waals surface area contributed by atoms with Gasteiger partial charge in [0.05, 0.1) is 12.3 Å². The van der Waals surface area contributed by atoms with Crippen LogP contribution in [0, 0.1) is 0 Å². The second-order valence-electron chi connectivity index (χ2n) is 8.41. The Labute approximate surface area is 210 Å². The van der Waals surface area contributed by atoms with Crippen LogP contribution in [-0.2, 0) is 9.53 Å². The number of carbonyl (C=O) groups is 3. The van der Waals surface area contributed by atoms with Gasteiger partial charge in [-0.1, -0.05) is 0 Å². The van der Waals surface area contributed by atoms with Gasteiger partial charge in [0.25, 0.3) is 11.8 Å². The van der Waals surface area contributed by atoms with Crippen LogP contribution >= 0.6 is 11.3 Å². The van der Waals surface area contributed by atoms with Crippen molar-refractivity contribution in [1.82, 2.24) is 19.8 Å². The zero-order valence-electron chi connectivity index (χ0n) is 19.7. The standard InChI is InChI=1S/C21H30N6O8S/c1-26(2)5-3-4-22-19(34)13-6-11(24-18(33)12-9-36-21(25-12)23-10-29)7-27(13)20-17(32)16(31)15(30)14(8-28)35-20/h6-7,9-10,14-17,20,28,30-32H,3-5,8H2,1-2H3,(H,22,34)(H,24,33)(H,23,25,29)/t14-,15-,16+,17-,20+/m1/s1. The van der Waals surface area contributed by atoms with E-state index in [1.807, 2.05) is 19.0 Å². The predicted octanol–water partition coefficient (Wildman–Crippen LogP) is -1.58. The minimum absolute atomic E-state index is 0.000992. The monoisotopic (exact) mass is 526 g/mol. The quantitative estimate of drug-likeness (QED) is 0.132. The first-order valence-electron chi connectivity index (χ1n) is 11.1. The summed E-state index contributed by atoms with van der Waals surface area (Å²) in [5.74, 6) is -1.15. The number of anilines is 2. The lowest BCUT2D eigenvalue weighted by Gasteiger charge is -2.40. The molecule has 1 aliphatic heterocycles. The first-order valence-corrected chi connectivity index (χ1v) is 12.0. The van der Waals surface area contributed by atoms with Crippen molar-refractivity contribution in [3.63, 3.8) is 0 Å². The molecule has 14 nitrogen and oxygen atoms in total. The summed E-state index contributed by atoms with van der Waals surface area (Å²) < 4.78 is 6.82. The van der Waals surface area contributed by atoms with Crippen molar-refractivity contribution in [3.8, 4) is 0 Å². The molecule has 3 rings (SSSR count). The van der Waals surface area contributed by atoms with Crippen molar-refractivity contribution >= 4 is 40.4 Å². The summed E-state index contributed by atoms with van der Waals surface area (Å²) in [5, 5.41) is 49.8. The number of thiazole rings is 1. The summed E-state index contributed by atoms with van der Waals surface area (Å²) in [6, 6.07) is 1.36. The van der Waals surface area contributed by atoms with Crippen LogP contribution in [0.15, 0.2) is 17.6 Å². The highest BCUT2D eigenvalue weighted by molar-refractivity contribution is 7.14. The highest BCUT2D eigenvalue weighted by Crippen LogP contribution is 2.31. The number of rotatable bonds is 11. The van der Waals surface area contributed by atoms with Gasteiger partial charge in [0.2, 0.25) is 6.41 Å². The summed E-state index contributed by atoms with van der Waals surface area (Å²) in [4.78, 5) is 42.2. The number of hydrogen-bond acceptors (Lipinski definition) is 11. The topological polar surface area (TPSA) is 199 Å². The van der Waals surface area contributed by atoms with E-state index in [1.54, 1.807) is 0 Å². The molecule has 0 spiro atoms. The molecule has 5 atom stereocenters. The van der Waals surface area contributed by atoms with E-state index in [-0.39, 0.29) is 22.2 Å². The Hall–Kier alpha value is -2.92. The van der Waals surface area contributed by atoms with E-state index >= 15 is 0 Å². The van der Waals surface area contributed by atoms with Gasteiger partial charge >= 0.3 is 0 Å². The van der Waals surface area contributed by atoms with E-state index < -0.39 is 49.1 Å². The Balaban J connectivity index is 1.86. The number of carbonyl (C=O) groups excluding carboxylic acids is 3. The number of ether oxygens (including phenoxy) is 1. The molecule has 0 aliphatic carbocycles. The molecule has 15 heteroatoms. The number of nitrogens with one attached hydrogen (secondary N) is 3. The maximum absolute atomic E-state index is 13.0. The highest BCUT2D eigenvalue weighted by Gasteiger charge is 2.45. The third-order valence-corrected chi connectivity index (χ3v) is 6.24. The number of aromatic nitrogens is 2. The summed E-state index contributed by atoms with van der Waals surface area (Å²) in [5.41, 5.74) is 0.189. The lowest BCUT2D eigenvalue weighted by Crippen LogP contribution is -2.56. The summed E-state index contributed by atoms with van der Waals surface area (Å²) in [6.07, 6.45) is -4.98. The minimum atomic E-state index is -1.66. The van der Waals surface area contributed by atoms with Gasteiger partial charge in [-0.2, -0.15) is 0 Å². The molecule has 1 saturated heterocycles. The number of amides is 3. The van der Waals surface area contributed by atoms with Crippen LogP contribution < -0.4 is 16.0 Å². The highest BCUT2D eigenvalue weighted by atomic mass is 32.1. The predicted molar refractivity (Wildman–Crippen MR) is 129 cm³/mol. The molecule has 3 amide bonds. The van der Waals surface area contributed by atoms with Crippen LogP contribution in [0.2, 0.25) is 0 Å². The van der Waals surface area contributed by atoms with Crippen LogP contribution in [0.1, 0.15) is 33.6 Å². The second-order valence-corrected chi connectivity index (χ2v) is 9.27. The number of aliphatic hydroxyl groups excluding tert-OH is 4. The molecule has 0 aromatic carbocycles. The lowest BCUT2D eigenvalue weighted by molar-refractivity contribution is -0.251. The Morgan fingerprint density at radius 2 is 1.97 bits per heavy atom. The molecule has 36 heavy (non-hydrogen) atoms. The molecule has 0 unspecified atom stereocenters. The number of hydrogen-bond donors (Lipinski definition) is 7. The van der Waals surface area contributed by atoms with Crippen LogP contribution in [0.3, 0.4) is 0 Å². The van der Waals surface area contributed by atoms with Gasteiger partial charge in [-0.05, 0) is 33.1 Å². The van der Waals surface area contributed by atoms with E-state index in [4.69, 9.17) is 4.74 Å². The molecule has 2 aromatic heterocycles. The van der Waals surface area contributed by atoms with E-state index in [1.165, 1.54) is 22.2 Å². The molecule has 0 saturated carbocycles. The molecule has 3 heterocycles. The van der Waals surface area contributed by atoms with Crippen LogP contribution in [0.25, 0.3) is 0 Å². The van der Waals surface area contributed by atoms with Crippen LogP contribution in [-0.4, -0.2) is 111 Å². The fourth-order valence-corrected chi connectivity index (χ4v) is 4.28. The maximum Gasteiger partial charge on any atom is 0.275 e. The van der Waals surface area contributed by atoms with Crippen LogP contribution in [0.5, 0.6) is 0 Å². The van der Waals surface area contributed by atoms with Gasteiger partial charge in [0.1, 0.15) is 35.8 Å². The number of aliphatic hydroxyl groups is 4. The molecule has 7 N–H and O–H groups in total. The lowest BCUT2D eigenvalue weighted by atomic mass is 9.98. The molecule has 198 valence electrons. The average molecular weight is 527 g/mol. The van der Waals surface area contributed by atoms with Gasteiger partial charge < -0.3 is 50.6 Å². The minimum Gasteiger partial charge on any atom is -0.394 e. The Morgan fingerprint density at radius 3 is 2.64 bits per heavy atom. The smallest absolute Gasteiger partial charge is 0.275 e. The van der Waals surface area contributed by atoms with E-state index in [0.29, 0.717) is 19.4 Å². The molecular formula is C21H30N6O8S. The summed E-state index contributed by atoms with van der Waals surface area (Å²) >= 11 is 1.05. The van der Waals surface area contributed by atoms with Gasteiger partial charge in [0, 0.05) is 18.1 Å². The van der Waals surface area contributed by atoms with Crippen molar-refractivity contribution in [2.24, 2.45) is 0 Å². The fourth-order valence-electron chi connectivity index (χ4n) is 3.63. The van der Waals surface area contributed by atoms with Gasteiger partial charge in [0.15, 0.2) is 11.4 Å². The van der Waals surface area contributed by atoms with E-state index in [9.17, 15) is 34.8 Å². The van der Waals surface area contributed by atoms with Crippen molar-refractivity contribution in [3.05, 3.63) is 29.0 Å². The van der Waals surface area contributed by atoms with Crippen LogP contribution in [0.4, 0.5) is 10.8 Å². The molecule has 0 bridgehead atoms. The Morgan fingerprint density at radius 1 is 1.22 bits per heavy atom. The fraction of sp³-hybridized carbons (Fsp3) is 0.524. The van der Waals surface area contributed by atoms with E-state index in [0.717, 1.165) is 17.9 Å².